The Balaban J connectivity index is 2.57. The highest BCUT2D eigenvalue weighted by Gasteiger charge is 2.28. The molecule has 5 nitrogen and oxygen atoms in total. The molecule has 3 unspecified atom stereocenters. The number of aliphatic carboxylic acids is 1. The molecule has 19 heavy (non-hydrogen) atoms. The van der Waals surface area contributed by atoms with E-state index in [1.54, 1.807) is 13.8 Å². The van der Waals surface area contributed by atoms with Crippen molar-refractivity contribution in [1.29, 1.82) is 0 Å². The third-order valence-corrected chi connectivity index (χ3v) is 4.00. The van der Waals surface area contributed by atoms with Crippen LogP contribution in [0.15, 0.2) is 0 Å². The Labute approximate surface area is 115 Å². The zero-order valence-electron chi connectivity index (χ0n) is 12.2. The van der Waals surface area contributed by atoms with Gasteiger partial charge < -0.3 is 15.3 Å². The van der Waals surface area contributed by atoms with E-state index in [4.69, 9.17) is 5.11 Å². The number of carboxylic acids is 1. The number of piperidine rings is 1. The van der Waals surface area contributed by atoms with Crippen molar-refractivity contribution in [2.24, 2.45) is 5.92 Å². The van der Waals surface area contributed by atoms with Crippen LogP contribution in [0.2, 0.25) is 0 Å². The molecule has 0 aromatic carbocycles. The maximum atomic E-state index is 12.2. The highest BCUT2D eigenvalue weighted by atomic mass is 16.4. The Morgan fingerprint density at radius 1 is 1.37 bits per heavy atom. The Morgan fingerprint density at radius 2 is 2.05 bits per heavy atom. The summed E-state index contributed by atoms with van der Waals surface area (Å²) in [6, 6.07) is -0.154. The second-order valence-electron chi connectivity index (χ2n) is 5.50. The lowest BCUT2D eigenvalue weighted by molar-refractivity contribution is -0.141. The van der Waals surface area contributed by atoms with Crippen molar-refractivity contribution in [2.75, 3.05) is 6.54 Å². The summed E-state index contributed by atoms with van der Waals surface area (Å²) in [7, 11) is 0. The van der Waals surface area contributed by atoms with Crippen molar-refractivity contribution < 1.29 is 14.7 Å². The Morgan fingerprint density at radius 3 is 2.63 bits per heavy atom. The molecule has 1 rings (SSSR count). The molecule has 0 bridgehead atoms. The number of hydrogen-bond donors (Lipinski definition) is 2. The van der Waals surface area contributed by atoms with Crippen LogP contribution in [0.25, 0.3) is 0 Å². The summed E-state index contributed by atoms with van der Waals surface area (Å²) in [4.78, 5) is 25.0. The van der Waals surface area contributed by atoms with Gasteiger partial charge in [-0.2, -0.15) is 0 Å². The lowest BCUT2D eigenvalue weighted by Crippen LogP contribution is -2.52. The molecule has 1 saturated heterocycles. The summed E-state index contributed by atoms with van der Waals surface area (Å²) in [5.74, 6) is -1.45. The molecule has 1 aliphatic rings. The minimum Gasteiger partial charge on any atom is -0.481 e. The molecule has 110 valence electrons. The van der Waals surface area contributed by atoms with Crippen molar-refractivity contribution in [3.63, 3.8) is 0 Å². The normalized spacial score (nSPS) is 22.7. The third kappa shape index (κ3) is 4.40. The predicted molar refractivity (Wildman–Crippen MR) is 74.0 cm³/mol. The van der Waals surface area contributed by atoms with Gasteiger partial charge in [0.15, 0.2) is 0 Å². The molecule has 0 saturated carbocycles. The van der Waals surface area contributed by atoms with Crippen molar-refractivity contribution in [3.8, 4) is 0 Å². The molecule has 0 radical (unpaired) electrons. The van der Waals surface area contributed by atoms with Crippen LogP contribution >= 0.6 is 0 Å². The van der Waals surface area contributed by atoms with Crippen molar-refractivity contribution in [1.82, 2.24) is 10.2 Å². The maximum absolute atomic E-state index is 12.2. The Bertz CT molecular complexity index is 318. The average Bonchev–Trinajstić information content (AvgIpc) is 2.38. The standard InChI is InChI=1S/C14H26N2O3/c1-4-7-12-8-5-6-9-16(12)14(19)15-11(3)10(2)13(17)18/h10-12H,4-9H2,1-3H3,(H,15,19)(H,17,18). The number of carbonyl (C=O) groups excluding carboxylic acids is 1. The number of carboxylic acid groups (broad SMARTS) is 1. The van der Waals surface area contributed by atoms with Gasteiger partial charge in [0.2, 0.25) is 0 Å². The van der Waals surface area contributed by atoms with Gasteiger partial charge in [-0.15, -0.1) is 0 Å². The van der Waals surface area contributed by atoms with E-state index in [0.29, 0.717) is 6.04 Å². The summed E-state index contributed by atoms with van der Waals surface area (Å²) in [5.41, 5.74) is 0. The quantitative estimate of drug-likeness (QED) is 0.806. The van der Waals surface area contributed by atoms with E-state index in [-0.39, 0.29) is 12.1 Å². The van der Waals surface area contributed by atoms with Gasteiger partial charge in [0.1, 0.15) is 0 Å². The topological polar surface area (TPSA) is 69.6 Å². The molecule has 2 N–H and O–H groups in total. The number of urea groups is 1. The van der Waals surface area contributed by atoms with Crippen LogP contribution in [0.1, 0.15) is 52.9 Å². The highest BCUT2D eigenvalue weighted by molar-refractivity contribution is 5.77. The van der Waals surface area contributed by atoms with Crippen molar-refractivity contribution >= 4 is 12.0 Å². The summed E-state index contributed by atoms with van der Waals surface area (Å²) in [6.45, 7) is 6.27. The molecule has 0 spiro atoms. The lowest BCUT2D eigenvalue weighted by Gasteiger charge is -2.36. The smallest absolute Gasteiger partial charge is 0.317 e. The minimum atomic E-state index is -0.878. The number of nitrogens with one attached hydrogen (secondary N) is 1. The predicted octanol–water partition coefficient (Wildman–Crippen LogP) is 2.46. The van der Waals surface area contributed by atoms with E-state index >= 15 is 0 Å². The minimum absolute atomic E-state index is 0.112. The van der Waals surface area contributed by atoms with E-state index in [1.807, 2.05) is 4.90 Å². The first-order valence-corrected chi connectivity index (χ1v) is 7.27. The fourth-order valence-electron chi connectivity index (χ4n) is 2.52. The largest absolute Gasteiger partial charge is 0.481 e. The van der Waals surface area contributed by atoms with Gasteiger partial charge in [-0.1, -0.05) is 13.3 Å². The first-order chi connectivity index (χ1) is 8.97. The van der Waals surface area contributed by atoms with Gasteiger partial charge in [0.25, 0.3) is 0 Å². The number of rotatable bonds is 5. The fraction of sp³-hybridized carbons (Fsp3) is 0.857. The number of hydrogen-bond acceptors (Lipinski definition) is 2. The first kappa shape index (κ1) is 15.8. The van der Waals surface area contributed by atoms with E-state index in [2.05, 4.69) is 12.2 Å². The van der Waals surface area contributed by atoms with Crippen molar-refractivity contribution in [3.05, 3.63) is 0 Å². The molecule has 0 aliphatic carbocycles. The summed E-state index contributed by atoms with van der Waals surface area (Å²) >= 11 is 0. The number of nitrogens with zero attached hydrogens (tertiary/aromatic N) is 1. The second kappa shape index (κ2) is 7.36. The molecule has 3 atom stereocenters. The Hall–Kier alpha value is -1.26. The zero-order valence-corrected chi connectivity index (χ0v) is 12.2. The van der Waals surface area contributed by atoms with Crippen LogP contribution in [0.5, 0.6) is 0 Å². The summed E-state index contributed by atoms with van der Waals surface area (Å²) in [5, 5.41) is 11.8. The first-order valence-electron chi connectivity index (χ1n) is 7.27. The second-order valence-corrected chi connectivity index (χ2v) is 5.50. The highest BCUT2D eigenvalue weighted by Crippen LogP contribution is 2.21. The van der Waals surface area contributed by atoms with Gasteiger partial charge in [-0.3, -0.25) is 4.79 Å². The lowest BCUT2D eigenvalue weighted by atomic mass is 9.98. The van der Waals surface area contributed by atoms with Crippen LogP contribution in [-0.2, 0) is 4.79 Å². The van der Waals surface area contributed by atoms with Crippen LogP contribution in [0, 0.1) is 5.92 Å². The Kier molecular flexibility index (Phi) is 6.12. The van der Waals surface area contributed by atoms with E-state index in [1.165, 1.54) is 6.42 Å². The van der Waals surface area contributed by atoms with E-state index in [0.717, 1.165) is 32.2 Å². The number of carbonyl (C=O) groups is 2. The maximum Gasteiger partial charge on any atom is 0.317 e. The van der Waals surface area contributed by atoms with Crippen LogP contribution < -0.4 is 5.32 Å². The van der Waals surface area contributed by atoms with Gasteiger partial charge in [-0.05, 0) is 39.5 Å². The molecule has 2 amide bonds. The van der Waals surface area contributed by atoms with Crippen LogP contribution in [0.4, 0.5) is 4.79 Å². The molecule has 0 aromatic heterocycles. The van der Waals surface area contributed by atoms with Gasteiger partial charge in [0.05, 0.1) is 5.92 Å². The van der Waals surface area contributed by atoms with Crippen LogP contribution in [-0.4, -0.2) is 40.6 Å². The molecular weight excluding hydrogens is 244 g/mol. The molecule has 1 heterocycles. The zero-order chi connectivity index (χ0) is 14.4. The fourth-order valence-corrected chi connectivity index (χ4v) is 2.52. The molecule has 0 aromatic rings. The van der Waals surface area contributed by atoms with Gasteiger partial charge in [0, 0.05) is 18.6 Å². The molecule has 5 heteroatoms. The van der Waals surface area contributed by atoms with Gasteiger partial charge in [-0.25, -0.2) is 4.79 Å². The number of likely N-dealkylation sites (tertiary alicyclic amines) is 1. The van der Waals surface area contributed by atoms with E-state index < -0.39 is 11.9 Å². The molecular formula is C14H26N2O3. The monoisotopic (exact) mass is 270 g/mol. The summed E-state index contributed by atoms with van der Waals surface area (Å²) in [6.07, 6.45) is 5.36. The van der Waals surface area contributed by atoms with Crippen molar-refractivity contribution in [2.45, 2.75) is 65.0 Å². The SMILES string of the molecule is CCCC1CCCCN1C(=O)NC(C)C(C)C(=O)O. The summed E-state index contributed by atoms with van der Waals surface area (Å²) < 4.78 is 0. The van der Waals surface area contributed by atoms with Gasteiger partial charge >= 0.3 is 12.0 Å². The van der Waals surface area contributed by atoms with Crippen LogP contribution in [0.3, 0.4) is 0 Å². The molecule has 1 aliphatic heterocycles. The van der Waals surface area contributed by atoms with E-state index in [9.17, 15) is 9.59 Å². The number of amides is 2. The average molecular weight is 270 g/mol. The third-order valence-electron chi connectivity index (χ3n) is 4.00. The molecule has 1 fully saturated rings.